The Morgan fingerprint density at radius 3 is 2.54 bits per heavy atom. The molecule has 0 radical (unpaired) electrons. The predicted octanol–water partition coefficient (Wildman–Crippen LogP) is 4.43. The number of hydrogen-bond donors (Lipinski definition) is 2. The van der Waals surface area contributed by atoms with Crippen molar-refractivity contribution in [2.24, 2.45) is 11.5 Å². The van der Waals surface area contributed by atoms with Crippen molar-refractivity contribution in [1.82, 2.24) is 9.80 Å². The van der Waals surface area contributed by atoms with E-state index in [0.29, 0.717) is 42.6 Å². The van der Waals surface area contributed by atoms with Gasteiger partial charge in [-0.25, -0.2) is 0 Å². The fraction of sp³-hybridized carbons (Fsp3) is 0.379. The standard InChI is InChI=1S/C29H34Cl2N4O2/c30-24-11-10-23(25(31)19-24)18-26(33)28(36)35-16-15-34(29(37)27(35)7-3-4-13-32)14-12-20-8-9-21-5-1-2-6-22(21)17-20/h1-2,5-6,8-11,17,19,26-27H,3-4,7,12-16,18,32-33H2/t26-,27+/m1/s1. The van der Waals surface area contributed by atoms with Gasteiger partial charge >= 0.3 is 0 Å². The second-order valence-electron chi connectivity index (χ2n) is 9.64. The molecular weight excluding hydrogens is 507 g/mol. The third-order valence-electron chi connectivity index (χ3n) is 7.05. The second-order valence-corrected chi connectivity index (χ2v) is 10.5. The molecule has 1 heterocycles. The van der Waals surface area contributed by atoms with E-state index in [0.717, 1.165) is 24.8 Å². The van der Waals surface area contributed by atoms with E-state index in [9.17, 15) is 9.59 Å². The summed E-state index contributed by atoms with van der Waals surface area (Å²) in [5.41, 5.74) is 14.0. The number of hydrogen-bond acceptors (Lipinski definition) is 4. The molecule has 0 unspecified atom stereocenters. The second kappa shape index (κ2) is 12.7. The van der Waals surface area contributed by atoms with Crippen molar-refractivity contribution >= 4 is 45.8 Å². The molecule has 1 aliphatic rings. The van der Waals surface area contributed by atoms with Gasteiger partial charge in [0.05, 0.1) is 6.04 Å². The van der Waals surface area contributed by atoms with Crippen molar-refractivity contribution < 1.29 is 9.59 Å². The van der Waals surface area contributed by atoms with Crippen LogP contribution in [-0.2, 0) is 22.4 Å². The van der Waals surface area contributed by atoms with Gasteiger partial charge in [-0.15, -0.1) is 0 Å². The van der Waals surface area contributed by atoms with Gasteiger partial charge in [0, 0.05) is 29.7 Å². The Labute approximate surface area is 228 Å². The Morgan fingerprint density at radius 1 is 1.00 bits per heavy atom. The lowest BCUT2D eigenvalue weighted by Gasteiger charge is -2.42. The summed E-state index contributed by atoms with van der Waals surface area (Å²) in [7, 11) is 0. The molecule has 4 rings (SSSR count). The maximum Gasteiger partial charge on any atom is 0.245 e. The topological polar surface area (TPSA) is 92.7 Å². The van der Waals surface area contributed by atoms with Crippen LogP contribution in [0.4, 0.5) is 0 Å². The third-order valence-corrected chi connectivity index (χ3v) is 7.64. The first-order valence-electron chi connectivity index (χ1n) is 12.8. The zero-order chi connectivity index (χ0) is 26.4. The van der Waals surface area contributed by atoms with Crippen molar-refractivity contribution in [2.75, 3.05) is 26.2 Å². The number of piperazine rings is 1. The number of benzene rings is 3. The number of nitrogens with zero attached hydrogens (tertiary/aromatic N) is 2. The summed E-state index contributed by atoms with van der Waals surface area (Å²) in [6.07, 6.45) is 3.18. The highest BCUT2D eigenvalue weighted by atomic mass is 35.5. The zero-order valence-electron chi connectivity index (χ0n) is 20.9. The van der Waals surface area contributed by atoms with Crippen LogP contribution < -0.4 is 11.5 Å². The predicted molar refractivity (Wildman–Crippen MR) is 151 cm³/mol. The van der Waals surface area contributed by atoms with E-state index in [1.54, 1.807) is 23.1 Å². The monoisotopic (exact) mass is 540 g/mol. The summed E-state index contributed by atoms with van der Waals surface area (Å²) in [6.45, 7) is 2.10. The minimum absolute atomic E-state index is 0.0193. The van der Waals surface area contributed by atoms with Gasteiger partial charge < -0.3 is 21.3 Å². The first-order valence-corrected chi connectivity index (χ1v) is 13.6. The van der Waals surface area contributed by atoms with Crippen molar-refractivity contribution in [2.45, 2.75) is 44.2 Å². The summed E-state index contributed by atoms with van der Waals surface area (Å²) >= 11 is 12.3. The number of carbonyl (C=O) groups excluding carboxylic acids is 2. The van der Waals surface area contributed by atoms with Crippen LogP contribution >= 0.6 is 23.2 Å². The number of halogens is 2. The lowest BCUT2D eigenvalue weighted by molar-refractivity contribution is -0.152. The van der Waals surface area contributed by atoms with Crippen LogP contribution in [0.5, 0.6) is 0 Å². The van der Waals surface area contributed by atoms with Crippen LogP contribution in [0.3, 0.4) is 0 Å². The highest BCUT2D eigenvalue weighted by molar-refractivity contribution is 6.35. The van der Waals surface area contributed by atoms with Gasteiger partial charge in [-0.05, 0) is 72.7 Å². The van der Waals surface area contributed by atoms with Crippen molar-refractivity contribution in [1.29, 1.82) is 0 Å². The quantitative estimate of drug-likeness (QED) is 0.372. The average Bonchev–Trinajstić information content (AvgIpc) is 2.90. The summed E-state index contributed by atoms with van der Waals surface area (Å²) < 4.78 is 0. The third kappa shape index (κ3) is 6.82. The number of unbranched alkanes of at least 4 members (excludes halogenated alkanes) is 1. The molecule has 2 amide bonds. The highest BCUT2D eigenvalue weighted by Crippen LogP contribution is 2.24. The molecule has 1 saturated heterocycles. The first-order chi connectivity index (χ1) is 17.9. The van der Waals surface area contributed by atoms with E-state index < -0.39 is 12.1 Å². The molecule has 196 valence electrons. The fourth-order valence-electron chi connectivity index (χ4n) is 4.97. The van der Waals surface area contributed by atoms with Crippen molar-refractivity contribution in [3.63, 3.8) is 0 Å². The van der Waals surface area contributed by atoms with E-state index in [-0.39, 0.29) is 18.2 Å². The molecule has 2 atom stereocenters. The molecular formula is C29H34Cl2N4O2. The Bertz CT molecular complexity index is 1250. The molecule has 8 heteroatoms. The smallest absolute Gasteiger partial charge is 0.245 e. The summed E-state index contributed by atoms with van der Waals surface area (Å²) in [6, 6.07) is 18.5. The van der Waals surface area contributed by atoms with Gasteiger partial charge in [0.25, 0.3) is 0 Å². The number of nitrogens with two attached hydrogens (primary N) is 2. The van der Waals surface area contributed by atoms with Gasteiger partial charge in [0.1, 0.15) is 6.04 Å². The van der Waals surface area contributed by atoms with Crippen LogP contribution in [0.1, 0.15) is 30.4 Å². The molecule has 3 aromatic carbocycles. The number of amides is 2. The molecule has 0 bridgehead atoms. The fourth-order valence-corrected chi connectivity index (χ4v) is 5.45. The molecule has 1 aliphatic heterocycles. The molecule has 4 N–H and O–H groups in total. The Hall–Kier alpha value is -2.64. The molecule has 0 aliphatic carbocycles. The number of carbonyl (C=O) groups is 2. The normalized spacial score (nSPS) is 16.9. The molecule has 1 fully saturated rings. The average molecular weight is 542 g/mol. The molecule has 0 saturated carbocycles. The Balaban J connectivity index is 1.43. The molecule has 6 nitrogen and oxygen atoms in total. The van der Waals surface area contributed by atoms with Gasteiger partial charge in [-0.2, -0.15) is 0 Å². The van der Waals surface area contributed by atoms with Crippen LogP contribution in [0.15, 0.2) is 60.7 Å². The van der Waals surface area contributed by atoms with Gasteiger partial charge in [0.2, 0.25) is 11.8 Å². The van der Waals surface area contributed by atoms with Crippen LogP contribution in [0.2, 0.25) is 10.0 Å². The molecule has 37 heavy (non-hydrogen) atoms. The largest absolute Gasteiger partial charge is 0.339 e. The SMILES string of the molecule is NCCCC[C@H]1C(=O)N(CCc2ccc3ccccc3c2)CCN1C(=O)[C@H](N)Cc1ccc(Cl)cc1Cl. The summed E-state index contributed by atoms with van der Waals surface area (Å²) in [5.74, 6) is -0.250. The summed E-state index contributed by atoms with van der Waals surface area (Å²) in [4.78, 5) is 30.5. The number of fused-ring (bicyclic) bond motifs is 1. The zero-order valence-corrected chi connectivity index (χ0v) is 22.4. The van der Waals surface area contributed by atoms with Crippen LogP contribution in [0.25, 0.3) is 10.8 Å². The van der Waals surface area contributed by atoms with Crippen molar-refractivity contribution in [3.05, 3.63) is 81.8 Å². The minimum Gasteiger partial charge on any atom is -0.339 e. The van der Waals surface area contributed by atoms with Crippen LogP contribution in [-0.4, -0.2) is 59.9 Å². The van der Waals surface area contributed by atoms with Crippen molar-refractivity contribution in [3.8, 4) is 0 Å². The molecule has 0 aromatic heterocycles. The minimum atomic E-state index is -0.798. The maximum atomic E-state index is 13.6. The molecule has 0 spiro atoms. The summed E-state index contributed by atoms with van der Waals surface area (Å²) in [5, 5.41) is 3.39. The van der Waals surface area contributed by atoms with Gasteiger partial charge in [0.15, 0.2) is 0 Å². The Morgan fingerprint density at radius 2 is 1.78 bits per heavy atom. The van der Waals surface area contributed by atoms with E-state index >= 15 is 0 Å². The van der Waals surface area contributed by atoms with E-state index in [4.69, 9.17) is 34.7 Å². The highest BCUT2D eigenvalue weighted by Gasteiger charge is 2.38. The molecule has 3 aromatic rings. The van der Waals surface area contributed by atoms with E-state index in [1.165, 1.54) is 16.3 Å². The lowest BCUT2D eigenvalue weighted by Crippen LogP contribution is -2.61. The van der Waals surface area contributed by atoms with Crippen LogP contribution in [0, 0.1) is 0 Å². The van der Waals surface area contributed by atoms with E-state index in [2.05, 4.69) is 30.3 Å². The Kier molecular flexibility index (Phi) is 9.43. The van der Waals surface area contributed by atoms with E-state index in [1.807, 2.05) is 17.0 Å². The number of rotatable bonds is 10. The van der Waals surface area contributed by atoms with Gasteiger partial charge in [-0.1, -0.05) is 71.7 Å². The lowest BCUT2D eigenvalue weighted by atomic mass is 9.99. The maximum absolute atomic E-state index is 13.6. The first kappa shape index (κ1) is 27.4. The van der Waals surface area contributed by atoms with Gasteiger partial charge in [-0.3, -0.25) is 9.59 Å².